The van der Waals surface area contributed by atoms with Crippen LogP contribution in [0.5, 0.6) is 0 Å². The lowest BCUT2D eigenvalue weighted by Crippen LogP contribution is -2.27. The highest BCUT2D eigenvalue weighted by atomic mass is 35.5. The van der Waals surface area contributed by atoms with Gasteiger partial charge in [-0.2, -0.15) is 0 Å². The molecule has 0 aromatic heterocycles. The summed E-state index contributed by atoms with van der Waals surface area (Å²) < 4.78 is 12.7. The molecule has 4 heteroatoms. The number of alkyl halides is 1. The predicted molar refractivity (Wildman–Crippen MR) is 50.5 cm³/mol. The van der Waals surface area contributed by atoms with Crippen molar-refractivity contribution in [2.45, 2.75) is 0 Å². The lowest BCUT2D eigenvalue weighted by molar-refractivity contribution is -0.116. The molecule has 0 saturated carbocycles. The van der Waals surface area contributed by atoms with Crippen LogP contribution in [0.1, 0.15) is 0 Å². The summed E-state index contributed by atoms with van der Waals surface area (Å²) in [6, 6.07) is 5.79. The summed E-state index contributed by atoms with van der Waals surface area (Å²) >= 11 is 5.35. The van der Waals surface area contributed by atoms with Crippen LogP contribution in [0, 0.1) is 5.82 Å². The van der Waals surface area contributed by atoms with Crippen molar-refractivity contribution in [3.05, 3.63) is 30.1 Å². The molecule has 2 nitrogen and oxygen atoms in total. The zero-order valence-electron chi connectivity index (χ0n) is 7.13. The first-order valence-corrected chi connectivity index (χ1v) is 4.26. The van der Waals surface area contributed by atoms with Gasteiger partial charge < -0.3 is 4.90 Å². The Bertz CT molecular complexity index is 316. The molecule has 1 aromatic rings. The molecule has 0 unspecified atom stereocenters. The van der Waals surface area contributed by atoms with Crippen LogP contribution in [-0.2, 0) is 4.79 Å². The lowest BCUT2D eigenvalue weighted by atomic mass is 10.3. The van der Waals surface area contributed by atoms with Gasteiger partial charge in [0.05, 0.1) is 0 Å². The molecule has 0 saturated heterocycles. The molecule has 0 heterocycles. The molecular formula is C9H9ClFNO. The average molecular weight is 202 g/mol. The van der Waals surface area contributed by atoms with Crippen molar-refractivity contribution in [1.29, 1.82) is 0 Å². The Balaban J connectivity index is 2.88. The number of amides is 1. The number of hydrogen-bond donors (Lipinski definition) is 0. The SMILES string of the molecule is CN(C(=O)CCl)c1cccc(F)c1. The highest BCUT2D eigenvalue weighted by Gasteiger charge is 2.08. The maximum Gasteiger partial charge on any atom is 0.241 e. The van der Waals surface area contributed by atoms with Crippen molar-refractivity contribution in [2.24, 2.45) is 0 Å². The Morgan fingerprint density at radius 3 is 2.85 bits per heavy atom. The standard InChI is InChI=1S/C9H9ClFNO/c1-12(9(13)6-10)8-4-2-3-7(11)5-8/h2-5H,6H2,1H3. The van der Waals surface area contributed by atoms with Crippen molar-refractivity contribution in [1.82, 2.24) is 0 Å². The maximum absolute atomic E-state index is 12.7. The van der Waals surface area contributed by atoms with Gasteiger partial charge >= 0.3 is 0 Å². The van der Waals surface area contributed by atoms with Gasteiger partial charge in [0.2, 0.25) is 5.91 Å². The molecule has 13 heavy (non-hydrogen) atoms. The first-order valence-electron chi connectivity index (χ1n) is 3.73. The summed E-state index contributed by atoms with van der Waals surface area (Å²) in [5.74, 6) is -0.730. The fourth-order valence-electron chi connectivity index (χ4n) is 0.918. The number of benzene rings is 1. The Kier molecular flexibility index (Phi) is 3.25. The molecule has 0 spiro atoms. The average Bonchev–Trinajstić information content (AvgIpc) is 2.15. The molecule has 0 fully saturated rings. The zero-order valence-corrected chi connectivity index (χ0v) is 7.88. The van der Waals surface area contributed by atoms with Gasteiger partial charge in [-0.1, -0.05) is 6.07 Å². The second-order valence-electron chi connectivity index (χ2n) is 2.57. The summed E-state index contributed by atoms with van der Waals surface area (Å²) in [6.07, 6.45) is 0. The van der Waals surface area contributed by atoms with Crippen LogP contribution in [0.4, 0.5) is 10.1 Å². The van der Waals surface area contributed by atoms with E-state index in [1.807, 2.05) is 0 Å². The molecule has 0 aliphatic heterocycles. The van der Waals surface area contributed by atoms with Gasteiger partial charge in [0, 0.05) is 12.7 Å². The van der Waals surface area contributed by atoms with E-state index in [2.05, 4.69) is 0 Å². The zero-order chi connectivity index (χ0) is 9.84. The number of carbonyl (C=O) groups is 1. The van der Waals surface area contributed by atoms with Crippen LogP contribution in [0.2, 0.25) is 0 Å². The lowest BCUT2D eigenvalue weighted by Gasteiger charge is -2.15. The van der Waals surface area contributed by atoms with E-state index in [1.54, 1.807) is 19.2 Å². The molecule has 0 bridgehead atoms. The number of carbonyl (C=O) groups excluding carboxylic acids is 1. The highest BCUT2D eigenvalue weighted by Crippen LogP contribution is 2.13. The van der Waals surface area contributed by atoms with E-state index in [0.29, 0.717) is 5.69 Å². The molecule has 1 aromatic carbocycles. The molecule has 0 aliphatic rings. The Morgan fingerprint density at radius 1 is 1.62 bits per heavy atom. The van der Waals surface area contributed by atoms with Crippen LogP contribution >= 0.6 is 11.6 Å². The minimum atomic E-state index is -0.369. The summed E-state index contributed by atoms with van der Waals surface area (Å²) in [5, 5.41) is 0. The van der Waals surface area contributed by atoms with Crippen LogP contribution in [0.15, 0.2) is 24.3 Å². The second-order valence-corrected chi connectivity index (χ2v) is 2.83. The van der Waals surface area contributed by atoms with Crippen LogP contribution < -0.4 is 4.90 Å². The molecule has 0 atom stereocenters. The quantitative estimate of drug-likeness (QED) is 0.671. The monoisotopic (exact) mass is 201 g/mol. The normalized spacial score (nSPS) is 9.77. The maximum atomic E-state index is 12.7. The van der Waals surface area contributed by atoms with Gasteiger partial charge in [-0.3, -0.25) is 4.79 Å². The van der Waals surface area contributed by atoms with Crippen molar-refractivity contribution in [3.8, 4) is 0 Å². The predicted octanol–water partition coefficient (Wildman–Crippen LogP) is 2.03. The van der Waals surface area contributed by atoms with Crippen LogP contribution in [0.25, 0.3) is 0 Å². The number of hydrogen-bond acceptors (Lipinski definition) is 1. The Morgan fingerprint density at radius 2 is 2.31 bits per heavy atom. The second kappa shape index (κ2) is 4.23. The van der Waals surface area contributed by atoms with E-state index in [-0.39, 0.29) is 17.6 Å². The molecule has 0 radical (unpaired) electrons. The molecule has 0 N–H and O–H groups in total. The van der Waals surface area contributed by atoms with Crippen molar-refractivity contribution >= 4 is 23.2 Å². The smallest absolute Gasteiger partial charge is 0.241 e. The third-order valence-corrected chi connectivity index (χ3v) is 1.91. The molecule has 0 aliphatic carbocycles. The first kappa shape index (κ1) is 9.99. The summed E-state index contributed by atoms with van der Waals surface area (Å²) in [4.78, 5) is 12.4. The minimum absolute atomic E-state index is 0.104. The molecular weight excluding hydrogens is 193 g/mol. The number of rotatable bonds is 2. The number of halogens is 2. The third-order valence-electron chi connectivity index (χ3n) is 1.68. The van der Waals surface area contributed by atoms with Crippen LogP contribution in [-0.4, -0.2) is 18.8 Å². The minimum Gasteiger partial charge on any atom is -0.314 e. The largest absolute Gasteiger partial charge is 0.314 e. The third kappa shape index (κ3) is 2.42. The van der Waals surface area contributed by atoms with E-state index < -0.39 is 0 Å². The molecule has 1 rings (SSSR count). The van der Waals surface area contributed by atoms with E-state index in [4.69, 9.17) is 11.6 Å². The summed E-state index contributed by atoms with van der Waals surface area (Å²) in [5.41, 5.74) is 0.505. The van der Waals surface area contributed by atoms with Crippen molar-refractivity contribution < 1.29 is 9.18 Å². The van der Waals surface area contributed by atoms with Crippen LogP contribution in [0.3, 0.4) is 0 Å². The van der Waals surface area contributed by atoms with Crippen molar-refractivity contribution in [2.75, 3.05) is 17.8 Å². The van der Waals surface area contributed by atoms with Gasteiger partial charge in [0.15, 0.2) is 0 Å². The van der Waals surface area contributed by atoms with Gasteiger partial charge in [0.25, 0.3) is 0 Å². The van der Waals surface area contributed by atoms with E-state index >= 15 is 0 Å². The fourth-order valence-corrected chi connectivity index (χ4v) is 1.10. The van der Waals surface area contributed by atoms with Gasteiger partial charge in [-0.25, -0.2) is 4.39 Å². The van der Waals surface area contributed by atoms with E-state index in [1.165, 1.54) is 17.0 Å². The number of anilines is 1. The van der Waals surface area contributed by atoms with E-state index in [0.717, 1.165) is 0 Å². The van der Waals surface area contributed by atoms with Gasteiger partial charge in [-0.15, -0.1) is 11.6 Å². The van der Waals surface area contributed by atoms with E-state index in [9.17, 15) is 9.18 Å². The molecule has 1 amide bonds. The van der Waals surface area contributed by atoms with Gasteiger partial charge in [0.1, 0.15) is 11.7 Å². The highest BCUT2D eigenvalue weighted by molar-refractivity contribution is 6.29. The first-order chi connectivity index (χ1) is 6.15. The topological polar surface area (TPSA) is 20.3 Å². The summed E-state index contributed by atoms with van der Waals surface area (Å²) in [6.45, 7) is 0. The Labute approximate surface area is 80.9 Å². The Hall–Kier alpha value is -1.09. The summed E-state index contributed by atoms with van der Waals surface area (Å²) in [7, 11) is 1.56. The van der Waals surface area contributed by atoms with Crippen molar-refractivity contribution in [3.63, 3.8) is 0 Å². The van der Waals surface area contributed by atoms with Gasteiger partial charge in [-0.05, 0) is 18.2 Å². The number of nitrogens with zero attached hydrogens (tertiary/aromatic N) is 1. The molecule has 70 valence electrons. The fraction of sp³-hybridized carbons (Fsp3) is 0.222.